The molecule has 0 aromatic carbocycles. The molecule has 0 N–H and O–H groups in total. The molecule has 0 radical (unpaired) electrons. The average Bonchev–Trinajstić information content (AvgIpc) is 2.54. The van der Waals surface area contributed by atoms with Gasteiger partial charge in [-0.05, 0) is 45.2 Å². The van der Waals surface area contributed by atoms with Gasteiger partial charge in [-0.1, -0.05) is 72.4 Å². The van der Waals surface area contributed by atoms with E-state index in [9.17, 15) is 0 Å². The molecule has 1 heteroatoms. The van der Waals surface area contributed by atoms with Gasteiger partial charge in [-0.25, -0.2) is 0 Å². The molecular weight excluding hydrogens is 254 g/mol. The standard InChI is InChI=1S/C16H29N.2C2H6/c1-7-11-12-15(8-2)16(9-3)13-17(10-4)14(5)6;2*1-2/h7-8,11-12,14,16H,1,9-10,13H2,2-6H3;2*1-2H3/b12-11-,15-8+;;. The van der Waals surface area contributed by atoms with E-state index in [2.05, 4.69) is 58.2 Å². The van der Waals surface area contributed by atoms with Crippen molar-refractivity contribution in [3.8, 4) is 0 Å². The second-order valence-corrected chi connectivity index (χ2v) is 4.67. The normalized spacial score (nSPS) is 12.6. The summed E-state index contributed by atoms with van der Waals surface area (Å²) in [5, 5.41) is 0. The summed E-state index contributed by atoms with van der Waals surface area (Å²) >= 11 is 0. The van der Waals surface area contributed by atoms with Crippen molar-refractivity contribution in [1.29, 1.82) is 0 Å². The van der Waals surface area contributed by atoms with Crippen LogP contribution in [0.25, 0.3) is 0 Å². The molecule has 1 atom stereocenters. The number of nitrogens with zero attached hydrogens (tertiary/aromatic N) is 1. The maximum atomic E-state index is 3.73. The van der Waals surface area contributed by atoms with Crippen LogP contribution in [-0.2, 0) is 0 Å². The molecule has 0 spiro atoms. The lowest BCUT2D eigenvalue weighted by Crippen LogP contribution is -2.35. The highest BCUT2D eigenvalue weighted by Gasteiger charge is 2.15. The fraction of sp³-hybridized carbons (Fsp3) is 0.700. The Balaban J connectivity index is -0.000000739. The molecule has 0 bridgehead atoms. The Kier molecular flexibility index (Phi) is 23.0. The van der Waals surface area contributed by atoms with E-state index >= 15 is 0 Å². The molecule has 0 aromatic heterocycles. The quantitative estimate of drug-likeness (QED) is 0.463. The fourth-order valence-corrected chi connectivity index (χ4v) is 2.11. The van der Waals surface area contributed by atoms with Crippen LogP contribution in [0.2, 0.25) is 0 Å². The summed E-state index contributed by atoms with van der Waals surface area (Å²) in [6.07, 6.45) is 9.47. The summed E-state index contributed by atoms with van der Waals surface area (Å²) in [6.45, 7) is 25.2. The molecule has 21 heavy (non-hydrogen) atoms. The fourth-order valence-electron chi connectivity index (χ4n) is 2.11. The van der Waals surface area contributed by atoms with Crippen molar-refractivity contribution >= 4 is 0 Å². The van der Waals surface area contributed by atoms with Crippen LogP contribution in [0.5, 0.6) is 0 Å². The van der Waals surface area contributed by atoms with Crippen LogP contribution in [-0.4, -0.2) is 24.0 Å². The molecule has 0 aliphatic heterocycles. The van der Waals surface area contributed by atoms with Gasteiger partial charge in [0.05, 0.1) is 0 Å². The van der Waals surface area contributed by atoms with E-state index in [0.29, 0.717) is 12.0 Å². The summed E-state index contributed by atoms with van der Waals surface area (Å²) in [4.78, 5) is 2.53. The lowest BCUT2D eigenvalue weighted by atomic mass is 9.94. The van der Waals surface area contributed by atoms with E-state index in [-0.39, 0.29) is 0 Å². The summed E-state index contributed by atoms with van der Waals surface area (Å²) in [5.41, 5.74) is 1.42. The first kappa shape index (κ1) is 25.2. The summed E-state index contributed by atoms with van der Waals surface area (Å²) in [6, 6.07) is 0.621. The molecule has 0 aliphatic carbocycles. The predicted octanol–water partition coefficient (Wildman–Crippen LogP) is 6.48. The number of hydrogen-bond donors (Lipinski definition) is 0. The Morgan fingerprint density at radius 2 is 1.62 bits per heavy atom. The summed E-state index contributed by atoms with van der Waals surface area (Å²) in [7, 11) is 0. The van der Waals surface area contributed by atoms with E-state index in [4.69, 9.17) is 0 Å². The molecule has 126 valence electrons. The van der Waals surface area contributed by atoms with Gasteiger partial charge in [0.2, 0.25) is 0 Å². The van der Waals surface area contributed by atoms with Gasteiger partial charge in [0.25, 0.3) is 0 Å². The van der Waals surface area contributed by atoms with Gasteiger partial charge in [0.1, 0.15) is 0 Å². The van der Waals surface area contributed by atoms with Crippen LogP contribution in [0.1, 0.15) is 68.7 Å². The van der Waals surface area contributed by atoms with E-state index in [1.807, 2.05) is 39.8 Å². The monoisotopic (exact) mass is 295 g/mol. The minimum absolute atomic E-state index is 0.621. The van der Waals surface area contributed by atoms with Crippen LogP contribution in [0.3, 0.4) is 0 Å². The predicted molar refractivity (Wildman–Crippen MR) is 102 cm³/mol. The molecule has 0 amide bonds. The van der Waals surface area contributed by atoms with Crippen LogP contribution in [0.4, 0.5) is 0 Å². The average molecular weight is 296 g/mol. The molecule has 0 rings (SSSR count). The first-order valence-electron chi connectivity index (χ1n) is 8.79. The number of allylic oxidation sites excluding steroid dienone is 4. The van der Waals surface area contributed by atoms with Crippen molar-refractivity contribution in [2.75, 3.05) is 13.1 Å². The van der Waals surface area contributed by atoms with E-state index < -0.39 is 0 Å². The van der Waals surface area contributed by atoms with Crippen molar-refractivity contribution < 1.29 is 0 Å². The van der Waals surface area contributed by atoms with Gasteiger partial charge in [-0.3, -0.25) is 0 Å². The minimum atomic E-state index is 0.621. The smallest absolute Gasteiger partial charge is 0.00526 e. The lowest BCUT2D eigenvalue weighted by Gasteiger charge is -2.29. The van der Waals surface area contributed by atoms with Crippen LogP contribution in [0, 0.1) is 5.92 Å². The molecule has 1 unspecified atom stereocenters. The molecular formula is C20H41N. The van der Waals surface area contributed by atoms with Crippen LogP contribution >= 0.6 is 0 Å². The zero-order valence-corrected chi connectivity index (χ0v) is 16.2. The number of hydrogen-bond acceptors (Lipinski definition) is 1. The third-order valence-electron chi connectivity index (χ3n) is 3.31. The maximum Gasteiger partial charge on any atom is 0.00526 e. The molecule has 0 saturated carbocycles. The zero-order chi connectivity index (χ0) is 17.3. The zero-order valence-electron chi connectivity index (χ0n) is 16.2. The van der Waals surface area contributed by atoms with Gasteiger partial charge >= 0.3 is 0 Å². The second-order valence-electron chi connectivity index (χ2n) is 4.67. The van der Waals surface area contributed by atoms with E-state index in [0.717, 1.165) is 13.1 Å². The SMILES string of the molecule is C=C/C=C\C(=C/C)C(CC)CN(CC)C(C)C.CC.CC. The molecule has 0 aliphatic rings. The number of rotatable bonds is 8. The van der Waals surface area contributed by atoms with E-state index in [1.165, 1.54) is 12.0 Å². The first-order chi connectivity index (χ1) is 10.1. The van der Waals surface area contributed by atoms with Gasteiger partial charge in [0.15, 0.2) is 0 Å². The molecule has 0 heterocycles. The van der Waals surface area contributed by atoms with Crippen LogP contribution in [0.15, 0.2) is 36.5 Å². The topological polar surface area (TPSA) is 3.24 Å². The highest BCUT2D eigenvalue weighted by atomic mass is 15.1. The van der Waals surface area contributed by atoms with Crippen molar-refractivity contribution in [3.05, 3.63) is 36.5 Å². The first-order valence-corrected chi connectivity index (χ1v) is 8.79. The molecule has 0 aromatic rings. The molecule has 1 nitrogen and oxygen atoms in total. The third-order valence-corrected chi connectivity index (χ3v) is 3.31. The Bertz CT molecular complexity index is 261. The summed E-state index contributed by atoms with van der Waals surface area (Å²) < 4.78 is 0. The van der Waals surface area contributed by atoms with Crippen molar-refractivity contribution in [2.45, 2.75) is 74.8 Å². The maximum absolute atomic E-state index is 3.73. The van der Waals surface area contributed by atoms with Gasteiger partial charge in [0, 0.05) is 12.6 Å². The van der Waals surface area contributed by atoms with Crippen LogP contribution < -0.4 is 0 Å². The largest absolute Gasteiger partial charge is 0.301 e. The highest BCUT2D eigenvalue weighted by Crippen LogP contribution is 2.19. The van der Waals surface area contributed by atoms with E-state index in [1.54, 1.807) is 0 Å². The molecule has 0 saturated heterocycles. The Hall–Kier alpha value is -0.820. The Morgan fingerprint density at radius 1 is 1.10 bits per heavy atom. The lowest BCUT2D eigenvalue weighted by molar-refractivity contribution is 0.207. The third kappa shape index (κ3) is 12.6. The van der Waals surface area contributed by atoms with Crippen molar-refractivity contribution in [1.82, 2.24) is 4.90 Å². The van der Waals surface area contributed by atoms with Gasteiger partial charge < -0.3 is 4.90 Å². The second kappa shape index (κ2) is 19.2. The van der Waals surface area contributed by atoms with Gasteiger partial charge in [-0.2, -0.15) is 0 Å². The summed E-state index contributed by atoms with van der Waals surface area (Å²) in [5.74, 6) is 0.624. The van der Waals surface area contributed by atoms with Crippen molar-refractivity contribution in [3.63, 3.8) is 0 Å². The van der Waals surface area contributed by atoms with Gasteiger partial charge in [-0.15, -0.1) is 0 Å². The Labute approximate surface area is 135 Å². The molecule has 0 fully saturated rings. The van der Waals surface area contributed by atoms with Crippen molar-refractivity contribution in [2.24, 2.45) is 5.92 Å². The Morgan fingerprint density at radius 3 is 1.90 bits per heavy atom. The highest BCUT2D eigenvalue weighted by molar-refractivity contribution is 5.24. The minimum Gasteiger partial charge on any atom is -0.301 e.